The Balaban J connectivity index is 1.89. The highest BCUT2D eigenvalue weighted by Gasteiger charge is 2.75. The molecule has 5 atom stereocenters. The van der Waals surface area contributed by atoms with Gasteiger partial charge in [-0.05, 0) is 48.3 Å². The third-order valence-corrected chi connectivity index (χ3v) is 4.73. The molecule has 4 rings (SSSR count). The summed E-state index contributed by atoms with van der Waals surface area (Å²) in [4.78, 5) is 0. The second-order valence-electron chi connectivity index (χ2n) is 4.76. The molecule has 3 saturated carbocycles. The van der Waals surface area contributed by atoms with Gasteiger partial charge in [-0.15, -0.1) is 0 Å². The number of hydrogen-bond donors (Lipinski definition) is 0. The van der Waals surface area contributed by atoms with Gasteiger partial charge < -0.3 is 0 Å². The Morgan fingerprint density at radius 2 is 2.10 bits per heavy atom. The first-order chi connectivity index (χ1) is 4.91. The lowest BCUT2D eigenvalue weighted by molar-refractivity contribution is 0.165. The van der Waals surface area contributed by atoms with Crippen molar-refractivity contribution in [1.82, 2.24) is 0 Å². The molecule has 0 heterocycles. The first kappa shape index (κ1) is 4.58. The fraction of sp³-hybridized carbons (Fsp3) is 0.800. The molecule has 0 bridgehead atoms. The van der Waals surface area contributed by atoms with Gasteiger partial charge in [0, 0.05) is 0 Å². The van der Waals surface area contributed by atoms with E-state index in [9.17, 15) is 0 Å². The van der Waals surface area contributed by atoms with E-state index >= 15 is 0 Å². The van der Waals surface area contributed by atoms with Crippen LogP contribution in [0, 0.1) is 29.1 Å². The monoisotopic (exact) mass is 132 g/mol. The summed E-state index contributed by atoms with van der Waals surface area (Å²) in [6.07, 6.45) is 9.69. The van der Waals surface area contributed by atoms with Gasteiger partial charge in [-0.1, -0.05) is 12.2 Å². The first-order valence-corrected chi connectivity index (χ1v) is 4.59. The van der Waals surface area contributed by atoms with Gasteiger partial charge in [0.25, 0.3) is 0 Å². The van der Waals surface area contributed by atoms with Gasteiger partial charge >= 0.3 is 0 Å². The Morgan fingerprint density at radius 1 is 1.10 bits per heavy atom. The number of rotatable bonds is 0. The summed E-state index contributed by atoms with van der Waals surface area (Å²) in [5.41, 5.74) is 0.930. The number of fused-ring (bicyclic) bond motifs is 1. The van der Waals surface area contributed by atoms with Gasteiger partial charge in [0.1, 0.15) is 0 Å². The highest BCUT2D eigenvalue weighted by molar-refractivity contribution is 5.32. The van der Waals surface area contributed by atoms with E-state index in [2.05, 4.69) is 12.2 Å². The Bertz CT molecular complexity index is 240. The van der Waals surface area contributed by atoms with Crippen molar-refractivity contribution in [3.05, 3.63) is 12.2 Å². The zero-order valence-corrected chi connectivity index (χ0v) is 6.09. The molecule has 0 radical (unpaired) electrons. The summed E-state index contributed by atoms with van der Waals surface area (Å²) in [5, 5.41) is 0. The fourth-order valence-electron chi connectivity index (χ4n) is 4.08. The van der Waals surface area contributed by atoms with E-state index in [4.69, 9.17) is 0 Å². The van der Waals surface area contributed by atoms with Crippen molar-refractivity contribution in [2.24, 2.45) is 29.1 Å². The van der Waals surface area contributed by atoms with Crippen molar-refractivity contribution in [1.29, 1.82) is 0 Å². The summed E-state index contributed by atoms with van der Waals surface area (Å²) >= 11 is 0. The predicted octanol–water partition coefficient (Wildman–Crippen LogP) is 2.22. The topological polar surface area (TPSA) is 0 Å². The van der Waals surface area contributed by atoms with Gasteiger partial charge in [0.15, 0.2) is 0 Å². The molecule has 3 fully saturated rings. The Kier molecular flexibility index (Phi) is 0.464. The molecule has 4 aliphatic rings. The minimum Gasteiger partial charge on any atom is -0.0845 e. The van der Waals surface area contributed by atoms with Crippen LogP contribution in [0.4, 0.5) is 0 Å². The molecule has 0 saturated heterocycles. The van der Waals surface area contributed by atoms with Gasteiger partial charge in [0.2, 0.25) is 0 Å². The molecule has 52 valence electrons. The molecule has 0 nitrogen and oxygen atoms in total. The second-order valence-corrected chi connectivity index (χ2v) is 4.76. The highest BCUT2D eigenvalue weighted by atomic mass is 14.8. The molecule has 0 aromatic carbocycles. The maximum atomic E-state index is 2.49. The third-order valence-electron chi connectivity index (χ3n) is 4.73. The molecule has 0 N–H and O–H groups in total. The molecule has 0 aromatic rings. The Hall–Kier alpha value is -0.260. The smallest absolute Gasteiger partial charge is 0.0108 e. The summed E-state index contributed by atoms with van der Waals surface area (Å²) in [6.45, 7) is 0. The lowest BCUT2D eigenvalue weighted by Crippen LogP contribution is -2.29. The first-order valence-electron chi connectivity index (χ1n) is 4.59. The van der Waals surface area contributed by atoms with Crippen LogP contribution in [0.15, 0.2) is 12.2 Å². The van der Waals surface area contributed by atoms with E-state index in [0.717, 1.165) is 17.3 Å². The quantitative estimate of drug-likeness (QED) is 0.443. The van der Waals surface area contributed by atoms with Crippen LogP contribution in [-0.2, 0) is 0 Å². The molecule has 0 aromatic heterocycles. The van der Waals surface area contributed by atoms with Crippen LogP contribution >= 0.6 is 0 Å². The van der Waals surface area contributed by atoms with Crippen molar-refractivity contribution in [3.8, 4) is 0 Å². The lowest BCUT2D eigenvalue weighted by atomic mass is 9.69. The van der Waals surface area contributed by atoms with Crippen LogP contribution in [0.2, 0.25) is 0 Å². The summed E-state index contributed by atoms with van der Waals surface area (Å²) in [6, 6.07) is 0. The molecule has 5 unspecified atom stereocenters. The van der Waals surface area contributed by atoms with E-state index in [1.165, 1.54) is 11.8 Å². The highest BCUT2D eigenvalue weighted by Crippen LogP contribution is 2.82. The SMILES string of the molecule is C1=CC2C1CC1CC3CC132. The molecule has 0 amide bonds. The normalized spacial score (nSPS) is 72.8. The number of allylic oxidation sites excluding steroid dienone is 2. The molecular formula is C10H12. The van der Waals surface area contributed by atoms with Crippen LogP contribution < -0.4 is 0 Å². The molecular weight excluding hydrogens is 120 g/mol. The van der Waals surface area contributed by atoms with Crippen LogP contribution in [0.5, 0.6) is 0 Å². The van der Waals surface area contributed by atoms with Gasteiger partial charge in [-0.25, -0.2) is 0 Å². The standard InChI is InChI=1S/C10H12/c1-2-9-6(1)3-7-4-8-5-10(7,8)9/h1-2,6-9H,3-5H2. The second kappa shape index (κ2) is 1.01. The average Bonchev–Trinajstić information content (AvgIpc) is 2.33. The summed E-state index contributed by atoms with van der Waals surface area (Å²) in [5.74, 6) is 4.47. The fourth-order valence-corrected chi connectivity index (χ4v) is 4.08. The Labute approximate surface area is 61.3 Å². The molecule has 0 aliphatic heterocycles. The lowest BCUT2D eigenvalue weighted by Gasteiger charge is -2.35. The van der Waals surface area contributed by atoms with E-state index in [-0.39, 0.29) is 0 Å². The van der Waals surface area contributed by atoms with Gasteiger partial charge in [-0.2, -0.15) is 0 Å². The van der Waals surface area contributed by atoms with Gasteiger partial charge in [-0.3, -0.25) is 0 Å². The van der Waals surface area contributed by atoms with Gasteiger partial charge in [0.05, 0.1) is 0 Å². The van der Waals surface area contributed by atoms with Crippen LogP contribution in [0.3, 0.4) is 0 Å². The molecule has 0 heteroatoms. The predicted molar refractivity (Wildman–Crippen MR) is 39.4 cm³/mol. The molecule has 4 aliphatic carbocycles. The van der Waals surface area contributed by atoms with Crippen LogP contribution in [0.1, 0.15) is 19.3 Å². The van der Waals surface area contributed by atoms with E-state index in [1.807, 2.05) is 0 Å². The third kappa shape index (κ3) is 0.247. The zero-order chi connectivity index (χ0) is 6.34. The minimum atomic E-state index is 0.930. The Morgan fingerprint density at radius 3 is 2.60 bits per heavy atom. The summed E-state index contributed by atoms with van der Waals surface area (Å²) in [7, 11) is 0. The summed E-state index contributed by atoms with van der Waals surface area (Å²) < 4.78 is 0. The van der Waals surface area contributed by atoms with Crippen molar-refractivity contribution < 1.29 is 0 Å². The minimum absolute atomic E-state index is 0.930. The zero-order valence-electron chi connectivity index (χ0n) is 6.09. The number of hydrogen-bond acceptors (Lipinski definition) is 0. The van der Waals surface area contributed by atoms with E-state index in [0.29, 0.717) is 0 Å². The van der Waals surface area contributed by atoms with E-state index in [1.54, 1.807) is 19.3 Å². The molecule has 1 spiro atoms. The van der Waals surface area contributed by atoms with Crippen molar-refractivity contribution in [2.45, 2.75) is 19.3 Å². The van der Waals surface area contributed by atoms with Crippen LogP contribution in [-0.4, -0.2) is 0 Å². The maximum absolute atomic E-state index is 2.49. The maximum Gasteiger partial charge on any atom is -0.0108 e. The van der Waals surface area contributed by atoms with Crippen LogP contribution in [0.25, 0.3) is 0 Å². The van der Waals surface area contributed by atoms with E-state index < -0.39 is 0 Å². The molecule has 10 heavy (non-hydrogen) atoms. The average molecular weight is 132 g/mol. The van der Waals surface area contributed by atoms with Crippen molar-refractivity contribution in [3.63, 3.8) is 0 Å². The largest absolute Gasteiger partial charge is 0.0845 e. The van der Waals surface area contributed by atoms with Crippen molar-refractivity contribution >= 4 is 0 Å². The van der Waals surface area contributed by atoms with Crippen molar-refractivity contribution in [2.75, 3.05) is 0 Å².